The highest BCUT2D eigenvalue weighted by Crippen LogP contribution is 2.23. The monoisotopic (exact) mass is 405 g/mol. The van der Waals surface area contributed by atoms with Crippen LogP contribution in [0.2, 0.25) is 0 Å². The molecule has 1 saturated heterocycles. The third kappa shape index (κ3) is 6.05. The second-order valence-corrected chi connectivity index (χ2v) is 9.50. The zero-order valence-corrected chi connectivity index (χ0v) is 17.7. The first kappa shape index (κ1) is 22.4. The van der Waals surface area contributed by atoms with Crippen LogP contribution >= 0.6 is 0 Å². The number of nitrogens with zero attached hydrogens (tertiary/aromatic N) is 3. The van der Waals surface area contributed by atoms with Crippen LogP contribution < -0.4 is 0 Å². The van der Waals surface area contributed by atoms with Gasteiger partial charge < -0.3 is 4.90 Å². The minimum absolute atomic E-state index is 0.108. The highest BCUT2D eigenvalue weighted by Gasteiger charge is 2.32. The Labute approximate surface area is 169 Å². The van der Waals surface area contributed by atoms with Crippen molar-refractivity contribution in [2.45, 2.75) is 52.5 Å². The molecule has 1 aromatic carbocycles. The quantitative estimate of drug-likeness (QED) is 0.632. The molecule has 1 amide bonds. The molecule has 154 valence electrons. The Kier molecular flexibility index (Phi) is 8.46. The molecule has 0 aliphatic carbocycles. The molecule has 1 aliphatic heterocycles. The lowest BCUT2D eigenvalue weighted by Gasteiger charge is -2.33. The molecule has 0 unspecified atom stereocenters. The standard InChI is InChI=1S/C21H31N3O3S/c1-3-5-15-28(26,27)24-13-10-20(11-14-24)21(25)23(12-4-2)17-19-8-6-18(16-22)7-9-19/h6-9,20H,3-5,10-15,17H2,1-2H3. The molecule has 0 atom stereocenters. The zero-order chi connectivity index (χ0) is 20.6. The fourth-order valence-electron chi connectivity index (χ4n) is 3.54. The van der Waals surface area contributed by atoms with Crippen LogP contribution in [0.1, 0.15) is 57.1 Å². The number of carbonyl (C=O) groups excluding carboxylic acids is 1. The van der Waals surface area contributed by atoms with Gasteiger partial charge in [-0.05, 0) is 43.4 Å². The van der Waals surface area contributed by atoms with Crippen molar-refractivity contribution >= 4 is 15.9 Å². The number of sulfonamides is 1. The van der Waals surface area contributed by atoms with E-state index >= 15 is 0 Å². The number of hydrogen-bond acceptors (Lipinski definition) is 4. The van der Waals surface area contributed by atoms with Crippen molar-refractivity contribution in [3.05, 3.63) is 35.4 Å². The van der Waals surface area contributed by atoms with Gasteiger partial charge in [-0.15, -0.1) is 0 Å². The van der Waals surface area contributed by atoms with Crippen LogP contribution in [0.4, 0.5) is 0 Å². The molecule has 1 aliphatic rings. The van der Waals surface area contributed by atoms with E-state index in [9.17, 15) is 13.2 Å². The maximum Gasteiger partial charge on any atom is 0.226 e. The number of carbonyl (C=O) groups is 1. The van der Waals surface area contributed by atoms with E-state index in [0.29, 0.717) is 51.0 Å². The second-order valence-electron chi connectivity index (χ2n) is 7.41. The Bertz CT molecular complexity index is 776. The molecule has 6 nitrogen and oxygen atoms in total. The Morgan fingerprint density at radius 3 is 2.36 bits per heavy atom. The summed E-state index contributed by atoms with van der Waals surface area (Å²) >= 11 is 0. The van der Waals surface area contributed by atoms with Crippen LogP contribution in [-0.2, 0) is 21.4 Å². The Balaban J connectivity index is 1.97. The van der Waals surface area contributed by atoms with E-state index in [4.69, 9.17) is 5.26 Å². The fourth-order valence-corrected chi connectivity index (χ4v) is 5.22. The van der Waals surface area contributed by atoms with Crippen molar-refractivity contribution in [3.8, 4) is 6.07 Å². The van der Waals surface area contributed by atoms with Crippen LogP contribution in [0, 0.1) is 17.2 Å². The first-order valence-electron chi connectivity index (χ1n) is 10.2. The summed E-state index contributed by atoms with van der Waals surface area (Å²) in [6, 6.07) is 9.41. The molecule has 0 aromatic heterocycles. The molecule has 1 heterocycles. The van der Waals surface area contributed by atoms with Crippen molar-refractivity contribution in [1.82, 2.24) is 9.21 Å². The van der Waals surface area contributed by atoms with E-state index in [1.54, 1.807) is 16.4 Å². The fraction of sp³-hybridized carbons (Fsp3) is 0.619. The Morgan fingerprint density at radius 2 is 1.82 bits per heavy atom. The smallest absolute Gasteiger partial charge is 0.226 e. The van der Waals surface area contributed by atoms with Crippen molar-refractivity contribution in [2.75, 3.05) is 25.4 Å². The van der Waals surface area contributed by atoms with Crippen LogP contribution in [-0.4, -0.2) is 48.9 Å². The predicted octanol–water partition coefficient (Wildman–Crippen LogP) is 3.14. The largest absolute Gasteiger partial charge is 0.338 e. The summed E-state index contributed by atoms with van der Waals surface area (Å²) in [5, 5.41) is 8.92. The molecule has 0 spiro atoms. The lowest BCUT2D eigenvalue weighted by molar-refractivity contribution is -0.137. The molecule has 0 N–H and O–H groups in total. The number of nitriles is 1. The van der Waals surface area contributed by atoms with Gasteiger partial charge in [0.25, 0.3) is 0 Å². The van der Waals surface area contributed by atoms with Gasteiger partial charge in [-0.1, -0.05) is 32.4 Å². The van der Waals surface area contributed by atoms with E-state index in [1.807, 2.05) is 30.9 Å². The van der Waals surface area contributed by atoms with E-state index in [2.05, 4.69) is 6.07 Å². The summed E-state index contributed by atoms with van der Waals surface area (Å²) in [7, 11) is -3.20. The van der Waals surface area contributed by atoms with E-state index in [-0.39, 0.29) is 17.6 Å². The molecule has 0 bridgehead atoms. The summed E-state index contributed by atoms with van der Waals surface area (Å²) < 4.78 is 26.3. The maximum atomic E-state index is 13.0. The average Bonchev–Trinajstić information content (AvgIpc) is 2.72. The first-order valence-corrected chi connectivity index (χ1v) is 11.8. The molecular formula is C21H31N3O3S. The Morgan fingerprint density at radius 1 is 1.18 bits per heavy atom. The number of benzene rings is 1. The van der Waals surface area contributed by atoms with Gasteiger partial charge in [0.2, 0.25) is 15.9 Å². The van der Waals surface area contributed by atoms with Crippen molar-refractivity contribution < 1.29 is 13.2 Å². The molecule has 0 saturated carbocycles. The van der Waals surface area contributed by atoms with Gasteiger partial charge in [0.05, 0.1) is 17.4 Å². The van der Waals surface area contributed by atoms with Gasteiger partial charge >= 0.3 is 0 Å². The first-order chi connectivity index (χ1) is 13.4. The minimum Gasteiger partial charge on any atom is -0.338 e. The molecule has 2 rings (SSSR count). The Hall–Kier alpha value is -1.91. The third-order valence-corrected chi connectivity index (χ3v) is 7.17. The van der Waals surface area contributed by atoms with Crippen molar-refractivity contribution in [2.24, 2.45) is 5.92 Å². The second kappa shape index (κ2) is 10.6. The van der Waals surface area contributed by atoms with Gasteiger partial charge in [-0.25, -0.2) is 12.7 Å². The lowest BCUT2D eigenvalue weighted by Crippen LogP contribution is -2.45. The summed E-state index contributed by atoms with van der Waals surface area (Å²) in [6.07, 6.45) is 3.56. The zero-order valence-electron chi connectivity index (χ0n) is 16.9. The molecule has 0 radical (unpaired) electrons. The van der Waals surface area contributed by atoms with Crippen LogP contribution in [0.25, 0.3) is 0 Å². The number of hydrogen-bond donors (Lipinski definition) is 0. The number of amides is 1. The minimum atomic E-state index is -3.20. The van der Waals surface area contributed by atoms with E-state index < -0.39 is 10.0 Å². The molecule has 28 heavy (non-hydrogen) atoms. The predicted molar refractivity (Wildman–Crippen MR) is 110 cm³/mol. The third-order valence-electron chi connectivity index (χ3n) is 5.21. The van der Waals surface area contributed by atoms with Gasteiger partial charge in [0.1, 0.15) is 0 Å². The molecule has 7 heteroatoms. The average molecular weight is 406 g/mol. The number of rotatable bonds is 9. The maximum absolute atomic E-state index is 13.0. The topological polar surface area (TPSA) is 81.5 Å². The lowest BCUT2D eigenvalue weighted by atomic mass is 9.96. The summed E-state index contributed by atoms with van der Waals surface area (Å²) in [4.78, 5) is 14.9. The molecular weight excluding hydrogens is 374 g/mol. The van der Waals surface area contributed by atoms with Gasteiger partial charge in [-0.3, -0.25) is 4.79 Å². The SMILES string of the molecule is CCCCS(=O)(=O)N1CCC(C(=O)N(CCC)Cc2ccc(C#N)cc2)CC1. The van der Waals surface area contributed by atoms with Gasteiger partial charge in [0, 0.05) is 32.1 Å². The summed E-state index contributed by atoms with van der Waals surface area (Å²) in [5.74, 6) is 0.183. The highest BCUT2D eigenvalue weighted by atomic mass is 32.2. The van der Waals surface area contributed by atoms with Crippen molar-refractivity contribution in [1.29, 1.82) is 5.26 Å². The molecule has 1 fully saturated rings. The molecule has 1 aromatic rings. The summed E-state index contributed by atoms with van der Waals surface area (Å²) in [5.41, 5.74) is 1.61. The normalized spacial score (nSPS) is 15.9. The van der Waals surface area contributed by atoms with E-state index in [0.717, 1.165) is 18.4 Å². The summed E-state index contributed by atoms with van der Waals surface area (Å²) in [6.45, 7) is 6.08. The van der Waals surface area contributed by atoms with E-state index in [1.165, 1.54) is 0 Å². The number of unbranched alkanes of at least 4 members (excludes halogenated alkanes) is 1. The van der Waals surface area contributed by atoms with Gasteiger partial charge in [0.15, 0.2) is 0 Å². The van der Waals surface area contributed by atoms with Crippen LogP contribution in [0.5, 0.6) is 0 Å². The van der Waals surface area contributed by atoms with Crippen LogP contribution in [0.15, 0.2) is 24.3 Å². The van der Waals surface area contributed by atoms with Crippen LogP contribution in [0.3, 0.4) is 0 Å². The van der Waals surface area contributed by atoms with Crippen molar-refractivity contribution in [3.63, 3.8) is 0 Å². The highest BCUT2D eigenvalue weighted by molar-refractivity contribution is 7.89. The van der Waals surface area contributed by atoms with Gasteiger partial charge in [-0.2, -0.15) is 5.26 Å². The number of piperidine rings is 1.